The molecule has 1 aromatic carbocycles. The van der Waals surface area contributed by atoms with E-state index in [0.717, 1.165) is 30.6 Å². The molecule has 1 aromatic rings. The molecule has 2 amide bonds. The second-order valence-electron chi connectivity index (χ2n) is 5.77. The number of hydrogen-bond acceptors (Lipinski definition) is 2. The van der Waals surface area contributed by atoms with Crippen molar-refractivity contribution in [1.29, 1.82) is 0 Å². The first-order valence-corrected chi connectivity index (χ1v) is 6.93. The van der Waals surface area contributed by atoms with Gasteiger partial charge in [0.1, 0.15) is 0 Å². The summed E-state index contributed by atoms with van der Waals surface area (Å²) in [6.45, 7) is 4.91. The Morgan fingerprint density at radius 1 is 1.20 bits per heavy atom. The van der Waals surface area contributed by atoms with Gasteiger partial charge in [-0.1, -0.05) is 13.0 Å². The highest BCUT2D eigenvalue weighted by Crippen LogP contribution is 2.26. The molecule has 0 bridgehead atoms. The van der Waals surface area contributed by atoms with Crippen molar-refractivity contribution in [3.63, 3.8) is 0 Å². The lowest BCUT2D eigenvalue weighted by Gasteiger charge is -2.23. The van der Waals surface area contributed by atoms with Gasteiger partial charge in [-0.05, 0) is 35.6 Å². The number of fused-ring (bicyclic) bond motifs is 1. The number of nitrogens with zero attached hydrogens (tertiary/aromatic N) is 2. The highest BCUT2D eigenvalue weighted by atomic mass is 16.4. The molecule has 0 spiro atoms. The van der Waals surface area contributed by atoms with Crippen LogP contribution in [0.5, 0.6) is 0 Å². The summed E-state index contributed by atoms with van der Waals surface area (Å²) in [5.41, 5.74) is 2.29. The molecule has 2 aliphatic rings. The molecule has 0 aromatic heterocycles. The van der Waals surface area contributed by atoms with Gasteiger partial charge in [-0.2, -0.15) is 0 Å². The highest BCUT2D eigenvalue weighted by Gasteiger charge is 2.30. The standard InChI is InChI=1S/C15H18N2O3/c1-10-4-5-16(7-10)15(20)17-8-12-3-2-11(14(18)19)6-13(12)9-17/h2-3,6,10H,4-5,7-9H2,1H3,(H,18,19). The molecule has 1 saturated heterocycles. The van der Waals surface area contributed by atoms with Crippen molar-refractivity contribution >= 4 is 12.0 Å². The summed E-state index contributed by atoms with van der Waals surface area (Å²) in [6.07, 6.45) is 1.07. The lowest BCUT2D eigenvalue weighted by Crippen LogP contribution is -2.39. The molecule has 1 fully saturated rings. The Morgan fingerprint density at radius 2 is 1.95 bits per heavy atom. The molecule has 0 radical (unpaired) electrons. The number of likely N-dealkylation sites (tertiary alicyclic amines) is 1. The van der Waals surface area contributed by atoms with Crippen molar-refractivity contribution < 1.29 is 14.7 Å². The minimum absolute atomic E-state index is 0.0717. The molecule has 106 valence electrons. The summed E-state index contributed by atoms with van der Waals surface area (Å²) < 4.78 is 0. The van der Waals surface area contributed by atoms with Crippen LogP contribution in [0.15, 0.2) is 18.2 Å². The van der Waals surface area contributed by atoms with Crippen LogP contribution in [-0.2, 0) is 13.1 Å². The second-order valence-corrected chi connectivity index (χ2v) is 5.77. The number of carboxylic acids is 1. The average molecular weight is 274 g/mol. The van der Waals surface area contributed by atoms with E-state index < -0.39 is 5.97 Å². The fourth-order valence-electron chi connectivity index (χ4n) is 2.97. The number of benzene rings is 1. The van der Waals surface area contributed by atoms with Crippen molar-refractivity contribution in [2.45, 2.75) is 26.4 Å². The molecule has 1 unspecified atom stereocenters. The summed E-state index contributed by atoms with van der Waals surface area (Å²) in [6, 6.07) is 5.17. The summed E-state index contributed by atoms with van der Waals surface area (Å²) in [5.74, 6) is -0.353. The molecule has 0 aliphatic carbocycles. The van der Waals surface area contributed by atoms with Crippen molar-refractivity contribution in [2.75, 3.05) is 13.1 Å². The Morgan fingerprint density at radius 3 is 2.60 bits per heavy atom. The quantitative estimate of drug-likeness (QED) is 0.853. The monoisotopic (exact) mass is 274 g/mol. The number of hydrogen-bond donors (Lipinski definition) is 1. The smallest absolute Gasteiger partial charge is 0.335 e. The van der Waals surface area contributed by atoms with Gasteiger partial charge in [-0.3, -0.25) is 0 Å². The first-order chi connectivity index (χ1) is 9.54. The lowest BCUT2D eigenvalue weighted by molar-refractivity contribution is 0.0696. The van der Waals surface area contributed by atoms with Crippen LogP contribution in [0.25, 0.3) is 0 Å². The highest BCUT2D eigenvalue weighted by molar-refractivity contribution is 5.88. The Balaban J connectivity index is 1.73. The van der Waals surface area contributed by atoms with Crippen LogP contribution in [0.4, 0.5) is 4.79 Å². The summed E-state index contributed by atoms with van der Waals surface area (Å²) in [5, 5.41) is 9.00. The zero-order valence-corrected chi connectivity index (χ0v) is 11.5. The predicted octanol–water partition coefficient (Wildman–Crippen LogP) is 2.16. The third-order valence-corrected chi connectivity index (χ3v) is 4.14. The summed E-state index contributed by atoms with van der Waals surface area (Å²) in [4.78, 5) is 27.1. The summed E-state index contributed by atoms with van der Waals surface area (Å²) in [7, 11) is 0. The molecule has 1 N–H and O–H groups in total. The van der Waals surface area contributed by atoms with Crippen LogP contribution >= 0.6 is 0 Å². The van der Waals surface area contributed by atoms with Gasteiger partial charge in [0, 0.05) is 26.2 Å². The van der Waals surface area contributed by atoms with Crippen molar-refractivity contribution in [2.24, 2.45) is 5.92 Å². The molecular formula is C15H18N2O3. The van der Waals surface area contributed by atoms with E-state index >= 15 is 0 Å². The predicted molar refractivity (Wildman–Crippen MR) is 73.4 cm³/mol. The molecular weight excluding hydrogens is 256 g/mol. The maximum absolute atomic E-state index is 12.4. The zero-order valence-electron chi connectivity index (χ0n) is 11.5. The fourth-order valence-corrected chi connectivity index (χ4v) is 2.97. The van der Waals surface area contributed by atoms with Gasteiger partial charge in [-0.15, -0.1) is 0 Å². The SMILES string of the molecule is CC1CCN(C(=O)N2Cc3ccc(C(=O)O)cc3C2)C1. The molecule has 3 rings (SSSR count). The molecule has 20 heavy (non-hydrogen) atoms. The molecule has 5 heteroatoms. The van der Waals surface area contributed by atoms with E-state index in [-0.39, 0.29) is 11.6 Å². The van der Waals surface area contributed by atoms with Gasteiger partial charge in [0.15, 0.2) is 0 Å². The van der Waals surface area contributed by atoms with E-state index in [4.69, 9.17) is 5.11 Å². The van der Waals surface area contributed by atoms with Crippen LogP contribution in [0.2, 0.25) is 0 Å². The van der Waals surface area contributed by atoms with E-state index in [2.05, 4.69) is 6.92 Å². The lowest BCUT2D eigenvalue weighted by atomic mass is 10.1. The van der Waals surface area contributed by atoms with Gasteiger partial charge in [0.05, 0.1) is 5.56 Å². The number of rotatable bonds is 1. The van der Waals surface area contributed by atoms with E-state index in [1.54, 1.807) is 17.0 Å². The topological polar surface area (TPSA) is 60.9 Å². The van der Waals surface area contributed by atoms with Gasteiger partial charge in [0.2, 0.25) is 0 Å². The minimum atomic E-state index is -0.925. The Bertz CT molecular complexity index is 570. The van der Waals surface area contributed by atoms with Gasteiger partial charge < -0.3 is 14.9 Å². The second kappa shape index (κ2) is 4.81. The van der Waals surface area contributed by atoms with Gasteiger partial charge in [-0.25, -0.2) is 9.59 Å². The van der Waals surface area contributed by atoms with Crippen LogP contribution in [0, 0.1) is 5.92 Å². The minimum Gasteiger partial charge on any atom is -0.478 e. The van der Waals surface area contributed by atoms with E-state index in [9.17, 15) is 9.59 Å². The number of aromatic carboxylic acids is 1. The number of amides is 2. The van der Waals surface area contributed by atoms with Gasteiger partial charge >= 0.3 is 12.0 Å². The maximum Gasteiger partial charge on any atom is 0.335 e. The Labute approximate surface area is 117 Å². The largest absolute Gasteiger partial charge is 0.478 e. The first-order valence-electron chi connectivity index (χ1n) is 6.93. The van der Waals surface area contributed by atoms with Crippen LogP contribution in [0.1, 0.15) is 34.8 Å². The molecule has 2 aliphatic heterocycles. The van der Waals surface area contributed by atoms with E-state index in [1.165, 1.54) is 0 Å². The van der Waals surface area contributed by atoms with E-state index in [0.29, 0.717) is 19.0 Å². The fraction of sp³-hybridized carbons (Fsp3) is 0.467. The Hall–Kier alpha value is -2.04. The first kappa shape index (κ1) is 13.0. The maximum atomic E-state index is 12.4. The third-order valence-electron chi connectivity index (χ3n) is 4.14. The van der Waals surface area contributed by atoms with Crippen molar-refractivity contribution in [3.05, 3.63) is 34.9 Å². The zero-order chi connectivity index (χ0) is 14.3. The van der Waals surface area contributed by atoms with Crippen LogP contribution in [0.3, 0.4) is 0 Å². The molecule has 0 saturated carbocycles. The van der Waals surface area contributed by atoms with Crippen molar-refractivity contribution in [3.8, 4) is 0 Å². The number of carbonyl (C=O) groups excluding carboxylic acids is 1. The van der Waals surface area contributed by atoms with Crippen LogP contribution in [-0.4, -0.2) is 40.0 Å². The van der Waals surface area contributed by atoms with E-state index in [1.807, 2.05) is 11.0 Å². The number of carboxylic acid groups (broad SMARTS) is 1. The summed E-state index contributed by atoms with van der Waals surface area (Å²) >= 11 is 0. The van der Waals surface area contributed by atoms with Crippen molar-refractivity contribution in [1.82, 2.24) is 9.80 Å². The Kier molecular flexibility index (Phi) is 3.12. The molecule has 2 heterocycles. The molecule has 1 atom stereocenters. The average Bonchev–Trinajstić information content (AvgIpc) is 3.02. The third kappa shape index (κ3) is 2.24. The van der Waals surface area contributed by atoms with Gasteiger partial charge in [0.25, 0.3) is 0 Å². The number of urea groups is 1. The van der Waals surface area contributed by atoms with Crippen LogP contribution < -0.4 is 0 Å². The normalized spacial score (nSPS) is 21.1. The molecule has 5 nitrogen and oxygen atoms in total. The number of carbonyl (C=O) groups is 2.